The minimum atomic E-state index is 0.0901. The van der Waals surface area contributed by atoms with Crippen LogP contribution >= 0.6 is 0 Å². The van der Waals surface area contributed by atoms with Crippen LogP contribution in [0.1, 0.15) is 36.1 Å². The molecular weight excluding hydrogens is 216 g/mol. The molecule has 1 heterocycles. The number of aliphatic hydroxyl groups is 1. The Labute approximate surface area is 101 Å². The van der Waals surface area contributed by atoms with Crippen LogP contribution in [0.4, 0.5) is 0 Å². The van der Waals surface area contributed by atoms with Crippen LogP contribution in [-0.2, 0) is 12.8 Å². The van der Waals surface area contributed by atoms with Crippen molar-refractivity contribution < 1.29 is 9.84 Å². The summed E-state index contributed by atoms with van der Waals surface area (Å²) >= 11 is 0. The number of nitriles is 1. The van der Waals surface area contributed by atoms with Crippen molar-refractivity contribution in [1.82, 2.24) is 4.98 Å². The number of hydrogen-bond acceptors (Lipinski definition) is 4. The van der Waals surface area contributed by atoms with Crippen LogP contribution in [0.5, 0.6) is 5.88 Å². The Morgan fingerprint density at radius 3 is 3.00 bits per heavy atom. The second-order valence-electron chi connectivity index (χ2n) is 4.19. The smallest absolute Gasteiger partial charge is 0.231 e. The first-order valence-electron chi connectivity index (χ1n) is 6.01. The molecule has 0 radical (unpaired) electrons. The van der Waals surface area contributed by atoms with E-state index in [-0.39, 0.29) is 6.61 Å². The first-order valence-corrected chi connectivity index (χ1v) is 6.01. The van der Waals surface area contributed by atoms with Crippen molar-refractivity contribution in [3.8, 4) is 11.9 Å². The van der Waals surface area contributed by atoms with E-state index in [1.54, 1.807) is 0 Å². The largest absolute Gasteiger partial charge is 0.477 e. The molecule has 0 saturated heterocycles. The molecule has 4 heteroatoms. The maximum Gasteiger partial charge on any atom is 0.231 e. The van der Waals surface area contributed by atoms with Crippen LogP contribution in [0.25, 0.3) is 0 Å². The first-order chi connectivity index (χ1) is 8.35. The standard InChI is InChI=1S/C13H16N2O2/c14-9-11-8-10-4-1-2-5-12(10)15-13(11)17-7-3-6-16/h8,16H,1-7H2. The molecule has 90 valence electrons. The maximum atomic E-state index is 9.06. The summed E-state index contributed by atoms with van der Waals surface area (Å²) in [7, 11) is 0. The molecule has 0 fully saturated rings. The lowest BCUT2D eigenvalue weighted by Gasteiger charge is -2.16. The second-order valence-corrected chi connectivity index (χ2v) is 4.19. The summed E-state index contributed by atoms with van der Waals surface area (Å²) in [5, 5.41) is 17.8. The van der Waals surface area contributed by atoms with Gasteiger partial charge in [-0.2, -0.15) is 5.26 Å². The zero-order valence-corrected chi connectivity index (χ0v) is 9.78. The zero-order chi connectivity index (χ0) is 12.1. The molecule has 1 N–H and O–H groups in total. The van der Waals surface area contributed by atoms with Crippen LogP contribution < -0.4 is 4.74 Å². The fraction of sp³-hybridized carbons (Fsp3) is 0.538. The third kappa shape index (κ3) is 2.75. The molecule has 1 aliphatic carbocycles. The number of nitrogens with zero attached hydrogens (tertiary/aromatic N) is 2. The first kappa shape index (κ1) is 11.9. The summed E-state index contributed by atoms with van der Waals surface area (Å²) in [5.74, 6) is 0.418. The number of aromatic nitrogens is 1. The van der Waals surface area contributed by atoms with E-state index in [1.165, 1.54) is 12.0 Å². The Kier molecular flexibility index (Phi) is 3.94. The fourth-order valence-corrected chi connectivity index (χ4v) is 2.04. The number of fused-ring (bicyclic) bond motifs is 1. The molecule has 17 heavy (non-hydrogen) atoms. The normalized spacial score (nSPS) is 13.9. The lowest BCUT2D eigenvalue weighted by Crippen LogP contribution is -2.09. The second kappa shape index (κ2) is 5.65. The van der Waals surface area contributed by atoms with E-state index < -0.39 is 0 Å². The van der Waals surface area contributed by atoms with E-state index >= 15 is 0 Å². The maximum absolute atomic E-state index is 9.06. The van der Waals surface area contributed by atoms with Gasteiger partial charge in [-0.25, -0.2) is 4.98 Å². The highest BCUT2D eigenvalue weighted by atomic mass is 16.5. The molecule has 0 amide bonds. The Hall–Kier alpha value is -1.60. The van der Waals surface area contributed by atoms with Crippen molar-refractivity contribution >= 4 is 0 Å². The SMILES string of the molecule is N#Cc1cc2c(nc1OCCCO)CCCC2. The third-order valence-electron chi connectivity index (χ3n) is 2.93. The van der Waals surface area contributed by atoms with E-state index in [0.717, 1.165) is 25.0 Å². The molecule has 0 saturated carbocycles. The average molecular weight is 232 g/mol. The molecule has 2 rings (SSSR count). The number of aliphatic hydroxyl groups excluding tert-OH is 1. The Bertz CT molecular complexity index is 438. The fourth-order valence-electron chi connectivity index (χ4n) is 2.04. The Morgan fingerprint density at radius 1 is 1.41 bits per heavy atom. The summed E-state index contributed by atoms with van der Waals surface area (Å²) in [4.78, 5) is 4.43. The summed E-state index contributed by atoms with van der Waals surface area (Å²) < 4.78 is 5.44. The van der Waals surface area contributed by atoms with Gasteiger partial charge < -0.3 is 9.84 Å². The van der Waals surface area contributed by atoms with Gasteiger partial charge in [-0.3, -0.25) is 0 Å². The van der Waals surface area contributed by atoms with Gasteiger partial charge in [0.1, 0.15) is 11.6 Å². The average Bonchev–Trinajstić information content (AvgIpc) is 2.38. The molecule has 0 aromatic carbocycles. The topological polar surface area (TPSA) is 66.1 Å². The number of rotatable bonds is 4. The number of ether oxygens (including phenoxy) is 1. The van der Waals surface area contributed by atoms with Crippen LogP contribution in [0.3, 0.4) is 0 Å². The van der Waals surface area contributed by atoms with Gasteiger partial charge in [0.05, 0.1) is 6.61 Å². The molecule has 4 nitrogen and oxygen atoms in total. The van der Waals surface area contributed by atoms with Gasteiger partial charge in [0, 0.05) is 18.7 Å². The van der Waals surface area contributed by atoms with E-state index in [4.69, 9.17) is 15.1 Å². The van der Waals surface area contributed by atoms with Crippen molar-refractivity contribution in [2.45, 2.75) is 32.1 Å². The molecule has 0 spiro atoms. The number of aryl methyl sites for hydroxylation is 2. The number of pyridine rings is 1. The van der Waals surface area contributed by atoms with Gasteiger partial charge in [0.15, 0.2) is 0 Å². The highest BCUT2D eigenvalue weighted by molar-refractivity contribution is 5.43. The van der Waals surface area contributed by atoms with Crippen LogP contribution in [0, 0.1) is 11.3 Å². The molecular formula is C13H16N2O2. The van der Waals surface area contributed by atoms with Crippen molar-refractivity contribution in [2.24, 2.45) is 0 Å². The molecule has 0 atom stereocenters. The third-order valence-corrected chi connectivity index (χ3v) is 2.93. The summed E-state index contributed by atoms with van der Waals surface area (Å²) in [6.45, 7) is 0.490. The van der Waals surface area contributed by atoms with Crippen LogP contribution in [-0.4, -0.2) is 23.3 Å². The monoisotopic (exact) mass is 232 g/mol. The Balaban J connectivity index is 2.21. The van der Waals surface area contributed by atoms with E-state index in [0.29, 0.717) is 24.5 Å². The lowest BCUT2D eigenvalue weighted by atomic mass is 9.95. The van der Waals surface area contributed by atoms with Gasteiger partial charge >= 0.3 is 0 Å². The van der Waals surface area contributed by atoms with Gasteiger partial charge in [-0.05, 0) is 37.3 Å². The van der Waals surface area contributed by atoms with Crippen LogP contribution in [0.15, 0.2) is 6.07 Å². The molecule has 0 aliphatic heterocycles. The minimum Gasteiger partial charge on any atom is -0.477 e. The van der Waals surface area contributed by atoms with E-state index in [9.17, 15) is 0 Å². The van der Waals surface area contributed by atoms with E-state index in [2.05, 4.69) is 11.1 Å². The summed E-state index contributed by atoms with van der Waals surface area (Å²) in [5.41, 5.74) is 2.75. The lowest BCUT2D eigenvalue weighted by molar-refractivity contribution is 0.228. The minimum absolute atomic E-state index is 0.0901. The zero-order valence-electron chi connectivity index (χ0n) is 9.78. The predicted octanol–water partition coefficient (Wildman–Crippen LogP) is 1.59. The molecule has 1 aromatic rings. The summed E-state index contributed by atoms with van der Waals surface area (Å²) in [6.07, 6.45) is 4.86. The van der Waals surface area contributed by atoms with Crippen molar-refractivity contribution in [3.05, 3.63) is 22.9 Å². The van der Waals surface area contributed by atoms with Gasteiger partial charge in [-0.1, -0.05) is 0 Å². The molecule has 0 bridgehead atoms. The van der Waals surface area contributed by atoms with Crippen molar-refractivity contribution in [2.75, 3.05) is 13.2 Å². The van der Waals surface area contributed by atoms with Crippen LogP contribution in [0.2, 0.25) is 0 Å². The summed E-state index contributed by atoms with van der Waals surface area (Å²) in [6, 6.07) is 4.02. The van der Waals surface area contributed by atoms with E-state index in [1.807, 2.05) is 6.07 Å². The van der Waals surface area contributed by atoms with Gasteiger partial charge in [-0.15, -0.1) is 0 Å². The van der Waals surface area contributed by atoms with Gasteiger partial charge in [0.2, 0.25) is 5.88 Å². The number of hydrogen-bond donors (Lipinski definition) is 1. The Morgan fingerprint density at radius 2 is 2.24 bits per heavy atom. The van der Waals surface area contributed by atoms with Crippen molar-refractivity contribution in [3.63, 3.8) is 0 Å². The highest BCUT2D eigenvalue weighted by Gasteiger charge is 2.15. The molecule has 1 aromatic heterocycles. The van der Waals surface area contributed by atoms with Gasteiger partial charge in [0.25, 0.3) is 0 Å². The van der Waals surface area contributed by atoms with Crippen molar-refractivity contribution in [1.29, 1.82) is 5.26 Å². The molecule has 0 unspecified atom stereocenters. The highest BCUT2D eigenvalue weighted by Crippen LogP contribution is 2.25. The quantitative estimate of drug-likeness (QED) is 0.801. The molecule has 1 aliphatic rings. The predicted molar refractivity (Wildman–Crippen MR) is 62.8 cm³/mol.